The van der Waals surface area contributed by atoms with Gasteiger partial charge in [-0.15, -0.1) is 0 Å². The maximum absolute atomic E-state index is 13.3. The van der Waals surface area contributed by atoms with Gasteiger partial charge in [0.05, 0.1) is 29.9 Å². The molecule has 2 heterocycles. The van der Waals surface area contributed by atoms with Crippen LogP contribution in [0.3, 0.4) is 0 Å². The van der Waals surface area contributed by atoms with Crippen LogP contribution >= 0.6 is 11.6 Å². The number of carbonyl (C=O) groups is 2. The maximum atomic E-state index is 13.3. The molecule has 1 saturated heterocycles. The Morgan fingerprint density at radius 3 is 2.47 bits per heavy atom. The zero-order valence-electron chi connectivity index (χ0n) is 21.4. The van der Waals surface area contributed by atoms with E-state index in [9.17, 15) is 9.59 Å². The first-order chi connectivity index (χ1) is 17.0. The second-order valence-electron chi connectivity index (χ2n) is 9.83. The molecule has 0 bridgehead atoms. The number of hydrogen-bond acceptors (Lipinski definition) is 7. The topological polar surface area (TPSA) is 112 Å². The average Bonchev–Trinajstić information content (AvgIpc) is 3.05. The van der Waals surface area contributed by atoms with Crippen molar-refractivity contribution in [1.29, 1.82) is 0 Å². The number of hydrogen-bond donors (Lipinski definition) is 2. The van der Waals surface area contributed by atoms with Gasteiger partial charge in [-0.3, -0.25) is 14.6 Å². The van der Waals surface area contributed by atoms with Gasteiger partial charge in [-0.05, 0) is 64.7 Å². The van der Waals surface area contributed by atoms with Gasteiger partial charge in [-0.2, -0.15) is 0 Å². The number of ether oxygens (including phenoxy) is 1. The molecule has 0 radical (unpaired) electrons. The minimum atomic E-state index is -0.942. The minimum Gasteiger partial charge on any atom is -0.402 e. The molecule has 0 aliphatic carbocycles. The monoisotopic (exact) mass is 516 g/mol. The highest BCUT2D eigenvalue weighted by Crippen LogP contribution is 2.38. The zero-order valence-corrected chi connectivity index (χ0v) is 22.2. The summed E-state index contributed by atoms with van der Waals surface area (Å²) >= 11 is 6.12. The molecule has 1 aliphatic heterocycles. The smallest absolute Gasteiger partial charge is 0.402 e. The van der Waals surface area contributed by atoms with Crippen LogP contribution in [0.1, 0.15) is 56.6 Å². The number of benzene rings is 1. The lowest BCUT2D eigenvalue weighted by Crippen LogP contribution is -2.56. The predicted octanol–water partition coefficient (Wildman–Crippen LogP) is 3.01. The van der Waals surface area contributed by atoms with E-state index in [-0.39, 0.29) is 12.3 Å². The van der Waals surface area contributed by atoms with Crippen LogP contribution < -0.4 is 10.6 Å². The molecule has 9 nitrogen and oxygen atoms in total. The molecule has 36 heavy (non-hydrogen) atoms. The van der Waals surface area contributed by atoms with Crippen molar-refractivity contribution in [2.75, 3.05) is 13.7 Å². The van der Waals surface area contributed by atoms with Crippen LogP contribution in [0.4, 0.5) is 0 Å². The van der Waals surface area contributed by atoms with Crippen molar-refractivity contribution in [3.63, 3.8) is 0 Å². The number of aryl methyl sites for hydroxylation is 1. The van der Waals surface area contributed by atoms with E-state index in [1.54, 1.807) is 0 Å². The van der Waals surface area contributed by atoms with Crippen molar-refractivity contribution in [2.24, 2.45) is 0 Å². The molecular weight excluding hydrogens is 483 g/mol. The Balaban J connectivity index is 1.72. The van der Waals surface area contributed by atoms with Gasteiger partial charge in [0.15, 0.2) is 0 Å². The number of aromatic nitrogens is 2. The summed E-state index contributed by atoms with van der Waals surface area (Å²) in [7, 11) is 0.808. The average molecular weight is 517 g/mol. The second kappa shape index (κ2) is 12.1. The normalized spacial score (nSPS) is 17.9. The van der Waals surface area contributed by atoms with Gasteiger partial charge in [-0.25, -0.2) is 4.98 Å². The van der Waals surface area contributed by atoms with Gasteiger partial charge < -0.3 is 24.7 Å². The van der Waals surface area contributed by atoms with Crippen molar-refractivity contribution in [3.8, 4) is 0 Å². The summed E-state index contributed by atoms with van der Waals surface area (Å²) in [5, 5.41) is 6.39. The summed E-state index contributed by atoms with van der Waals surface area (Å²) in [5.74, 6) is -1.38. The quantitative estimate of drug-likeness (QED) is 0.442. The van der Waals surface area contributed by atoms with Gasteiger partial charge in [0.1, 0.15) is 11.7 Å². The SMILES string of the molecule is COCC(NC(=O)c1cnccn1)C(=O)NC(CCCc1cccc(Cl)c1)B1OC(C)(C)C(C)(C)O1. The van der Waals surface area contributed by atoms with Gasteiger partial charge in [0.25, 0.3) is 5.91 Å². The molecule has 1 aliphatic rings. The number of nitrogens with zero attached hydrogens (tertiary/aromatic N) is 2. The molecule has 11 heteroatoms. The number of amides is 2. The highest BCUT2D eigenvalue weighted by atomic mass is 35.5. The third kappa shape index (κ3) is 7.26. The molecule has 3 rings (SSSR count). The van der Waals surface area contributed by atoms with Crippen molar-refractivity contribution in [1.82, 2.24) is 20.6 Å². The first-order valence-corrected chi connectivity index (χ1v) is 12.4. The number of carbonyl (C=O) groups excluding carboxylic acids is 2. The van der Waals surface area contributed by atoms with Crippen LogP contribution in [0.2, 0.25) is 5.02 Å². The summed E-state index contributed by atoms with van der Waals surface area (Å²) in [6, 6.07) is 6.76. The van der Waals surface area contributed by atoms with Gasteiger partial charge in [-0.1, -0.05) is 23.7 Å². The fraction of sp³-hybridized carbons (Fsp3) is 0.520. The predicted molar refractivity (Wildman–Crippen MR) is 138 cm³/mol. The fourth-order valence-corrected chi connectivity index (χ4v) is 4.04. The zero-order chi connectivity index (χ0) is 26.3. The van der Waals surface area contributed by atoms with E-state index < -0.39 is 42.1 Å². The molecule has 0 saturated carbocycles. The van der Waals surface area contributed by atoms with Crippen LogP contribution in [-0.4, -0.2) is 65.8 Å². The maximum Gasteiger partial charge on any atom is 0.481 e. The molecule has 2 atom stereocenters. The third-order valence-corrected chi connectivity index (χ3v) is 6.78. The highest BCUT2D eigenvalue weighted by molar-refractivity contribution is 6.48. The highest BCUT2D eigenvalue weighted by Gasteiger charge is 2.54. The lowest BCUT2D eigenvalue weighted by Gasteiger charge is -2.32. The van der Waals surface area contributed by atoms with Crippen molar-refractivity contribution < 1.29 is 23.6 Å². The Labute approximate surface area is 217 Å². The Bertz CT molecular complexity index is 1020. The Kier molecular flexibility index (Phi) is 9.46. The molecule has 2 amide bonds. The van der Waals surface area contributed by atoms with Crippen molar-refractivity contribution >= 4 is 30.5 Å². The first kappa shape index (κ1) is 28.1. The van der Waals surface area contributed by atoms with Gasteiger partial charge in [0, 0.05) is 24.5 Å². The Hall–Kier alpha value is -2.53. The number of methoxy groups -OCH3 is 1. The Morgan fingerprint density at radius 1 is 1.14 bits per heavy atom. The summed E-state index contributed by atoms with van der Waals surface area (Å²) < 4.78 is 17.7. The van der Waals surface area contributed by atoms with Crippen LogP contribution in [0.5, 0.6) is 0 Å². The molecule has 1 aromatic heterocycles. The number of nitrogens with one attached hydrogen (secondary N) is 2. The first-order valence-electron chi connectivity index (χ1n) is 12.0. The van der Waals surface area contributed by atoms with E-state index in [0.717, 1.165) is 18.4 Å². The Morgan fingerprint density at radius 2 is 1.86 bits per heavy atom. The summed E-state index contributed by atoms with van der Waals surface area (Å²) in [4.78, 5) is 33.8. The molecule has 1 aromatic carbocycles. The molecular formula is C25H34BClN4O5. The van der Waals surface area contributed by atoms with E-state index in [2.05, 4.69) is 20.6 Å². The fourth-order valence-electron chi connectivity index (χ4n) is 3.83. The molecule has 2 unspecified atom stereocenters. The summed E-state index contributed by atoms with van der Waals surface area (Å²) in [6.07, 6.45) is 6.34. The molecule has 0 spiro atoms. The van der Waals surface area contributed by atoms with E-state index in [1.807, 2.05) is 52.0 Å². The van der Waals surface area contributed by atoms with E-state index >= 15 is 0 Å². The molecule has 1 fully saturated rings. The van der Waals surface area contributed by atoms with Gasteiger partial charge >= 0.3 is 7.12 Å². The van der Waals surface area contributed by atoms with Crippen molar-refractivity contribution in [2.45, 2.75) is 70.1 Å². The lowest BCUT2D eigenvalue weighted by molar-refractivity contribution is -0.124. The largest absolute Gasteiger partial charge is 0.481 e. The van der Waals surface area contributed by atoms with Crippen LogP contribution in [-0.2, 0) is 25.3 Å². The van der Waals surface area contributed by atoms with E-state index in [4.69, 9.17) is 25.6 Å². The number of halogens is 1. The second-order valence-corrected chi connectivity index (χ2v) is 10.3. The van der Waals surface area contributed by atoms with Gasteiger partial charge in [0.2, 0.25) is 5.91 Å². The van der Waals surface area contributed by atoms with E-state index in [0.29, 0.717) is 11.4 Å². The van der Waals surface area contributed by atoms with Crippen LogP contribution in [0, 0.1) is 0 Å². The summed E-state index contributed by atoms with van der Waals surface area (Å²) in [6.45, 7) is 7.84. The summed E-state index contributed by atoms with van der Waals surface area (Å²) in [5.41, 5.74) is 0.102. The minimum absolute atomic E-state index is 0.0174. The van der Waals surface area contributed by atoms with E-state index in [1.165, 1.54) is 25.7 Å². The molecule has 194 valence electrons. The number of rotatable bonds is 11. The van der Waals surface area contributed by atoms with Crippen molar-refractivity contribution in [3.05, 3.63) is 59.1 Å². The molecule has 2 N–H and O–H groups in total. The standard InChI is InChI=1S/C25H34BClN4O5/c1-24(2)25(3,4)36-26(35-24)21(11-7-9-17-8-6-10-18(27)14-17)31-23(33)20(16-34-5)30-22(32)19-15-28-12-13-29-19/h6,8,10,12-15,20-21H,7,9,11,16H2,1-5H3,(H,30,32)(H,31,33). The molecule has 2 aromatic rings. The van der Waals surface area contributed by atoms with Crippen LogP contribution in [0.25, 0.3) is 0 Å². The van der Waals surface area contributed by atoms with Crippen LogP contribution in [0.15, 0.2) is 42.9 Å². The lowest BCUT2D eigenvalue weighted by atomic mass is 9.75. The third-order valence-electron chi connectivity index (χ3n) is 6.55.